The number of amides is 1. The van der Waals surface area contributed by atoms with E-state index in [0.29, 0.717) is 44.5 Å². The summed E-state index contributed by atoms with van der Waals surface area (Å²) in [5, 5.41) is 0. The smallest absolute Gasteiger partial charge is 0.410 e. The average Bonchev–Trinajstić information content (AvgIpc) is 3.21. The SMILES string of the molecule is COCc1cccc(N)c1COc1ccc(OC[C@@H]2CCN(C(=O)OC(C)(C)C)C2)cc1. The van der Waals surface area contributed by atoms with Gasteiger partial charge in [0.1, 0.15) is 23.7 Å². The first-order valence-electron chi connectivity index (χ1n) is 10.9. The second-order valence-corrected chi connectivity index (χ2v) is 9.07. The third-order valence-electron chi connectivity index (χ3n) is 5.24. The van der Waals surface area contributed by atoms with Crippen LogP contribution >= 0.6 is 0 Å². The van der Waals surface area contributed by atoms with E-state index in [1.165, 1.54) is 0 Å². The van der Waals surface area contributed by atoms with Gasteiger partial charge in [0.25, 0.3) is 0 Å². The third-order valence-corrected chi connectivity index (χ3v) is 5.24. The van der Waals surface area contributed by atoms with Gasteiger partial charge in [0.2, 0.25) is 0 Å². The van der Waals surface area contributed by atoms with E-state index in [9.17, 15) is 4.79 Å². The van der Waals surface area contributed by atoms with E-state index in [4.69, 9.17) is 24.7 Å². The fourth-order valence-corrected chi connectivity index (χ4v) is 3.58. The molecule has 0 spiro atoms. The van der Waals surface area contributed by atoms with E-state index in [1.54, 1.807) is 12.0 Å². The molecule has 7 nitrogen and oxygen atoms in total. The van der Waals surface area contributed by atoms with Gasteiger partial charge >= 0.3 is 6.09 Å². The average molecular weight is 443 g/mol. The molecule has 1 heterocycles. The molecule has 1 aliphatic heterocycles. The van der Waals surface area contributed by atoms with Crippen LogP contribution in [0, 0.1) is 5.92 Å². The van der Waals surface area contributed by atoms with Crippen LogP contribution in [0.4, 0.5) is 10.5 Å². The maximum atomic E-state index is 12.2. The van der Waals surface area contributed by atoms with Gasteiger partial charge in [-0.05, 0) is 63.1 Å². The number of benzene rings is 2. The lowest BCUT2D eigenvalue weighted by Crippen LogP contribution is -2.35. The normalized spacial score (nSPS) is 16.1. The summed E-state index contributed by atoms with van der Waals surface area (Å²) in [5.74, 6) is 1.80. The van der Waals surface area contributed by atoms with Crippen molar-refractivity contribution < 1.29 is 23.7 Å². The Morgan fingerprint density at radius 1 is 1.06 bits per heavy atom. The van der Waals surface area contributed by atoms with E-state index < -0.39 is 5.60 Å². The minimum absolute atomic E-state index is 0.255. The van der Waals surface area contributed by atoms with E-state index in [1.807, 2.05) is 63.2 Å². The highest BCUT2D eigenvalue weighted by Gasteiger charge is 2.30. The lowest BCUT2D eigenvalue weighted by atomic mass is 10.1. The van der Waals surface area contributed by atoms with Crippen molar-refractivity contribution in [3.05, 3.63) is 53.6 Å². The quantitative estimate of drug-likeness (QED) is 0.600. The first kappa shape index (κ1) is 23.7. The van der Waals surface area contributed by atoms with Crippen LogP contribution in [-0.4, -0.2) is 43.4 Å². The summed E-state index contributed by atoms with van der Waals surface area (Å²) < 4.78 is 22.6. The molecule has 0 unspecified atom stereocenters. The number of nitrogen functional groups attached to an aromatic ring is 1. The molecule has 174 valence electrons. The van der Waals surface area contributed by atoms with Gasteiger partial charge in [0.15, 0.2) is 0 Å². The Morgan fingerprint density at radius 2 is 1.75 bits per heavy atom. The van der Waals surface area contributed by atoms with Crippen LogP contribution in [0.25, 0.3) is 0 Å². The molecule has 1 aliphatic rings. The molecule has 1 amide bonds. The van der Waals surface area contributed by atoms with Crippen molar-refractivity contribution in [3.63, 3.8) is 0 Å². The summed E-state index contributed by atoms with van der Waals surface area (Å²) in [6.07, 6.45) is 0.650. The molecule has 7 heteroatoms. The van der Waals surface area contributed by atoms with Crippen molar-refractivity contribution in [1.82, 2.24) is 4.90 Å². The second kappa shape index (κ2) is 10.6. The van der Waals surface area contributed by atoms with Crippen LogP contribution in [-0.2, 0) is 22.7 Å². The number of nitrogens with zero attached hydrogens (tertiary/aromatic N) is 1. The lowest BCUT2D eigenvalue weighted by Gasteiger charge is -2.24. The highest BCUT2D eigenvalue weighted by Crippen LogP contribution is 2.24. The maximum Gasteiger partial charge on any atom is 0.410 e. The molecule has 0 bridgehead atoms. The molecule has 32 heavy (non-hydrogen) atoms. The Bertz CT molecular complexity index is 892. The molecule has 2 aromatic carbocycles. The number of rotatable bonds is 8. The first-order valence-corrected chi connectivity index (χ1v) is 10.9. The van der Waals surface area contributed by atoms with Crippen molar-refractivity contribution in [3.8, 4) is 11.5 Å². The van der Waals surface area contributed by atoms with Gasteiger partial charge in [-0.15, -0.1) is 0 Å². The maximum absolute atomic E-state index is 12.2. The molecule has 1 atom stereocenters. The highest BCUT2D eigenvalue weighted by molar-refractivity contribution is 5.68. The van der Waals surface area contributed by atoms with E-state index in [-0.39, 0.29) is 6.09 Å². The van der Waals surface area contributed by atoms with Gasteiger partial charge in [-0.25, -0.2) is 4.79 Å². The number of methoxy groups -OCH3 is 1. The number of hydrogen-bond donors (Lipinski definition) is 1. The number of anilines is 1. The first-order chi connectivity index (χ1) is 15.2. The number of ether oxygens (including phenoxy) is 4. The largest absolute Gasteiger partial charge is 0.493 e. The van der Waals surface area contributed by atoms with Crippen molar-refractivity contribution in [2.24, 2.45) is 5.92 Å². The van der Waals surface area contributed by atoms with E-state index >= 15 is 0 Å². The van der Waals surface area contributed by atoms with Crippen molar-refractivity contribution in [1.29, 1.82) is 0 Å². The standard InChI is InChI=1S/C25H34N2O5/c1-25(2,3)32-24(28)27-13-12-18(14-27)15-30-20-8-10-21(11-9-20)31-17-22-19(16-29-4)6-5-7-23(22)26/h5-11,18H,12-17,26H2,1-4H3/t18-/m1/s1. The van der Waals surface area contributed by atoms with Crippen LogP contribution in [0.3, 0.4) is 0 Å². The number of hydrogen-bond acceptors (Lipinski definition) is 6. The molecule has 1 saturated heterocycles. The minimum Gasteiger partial charge on any atom is -0.493 e. The van der Waals surface area contributed by atoms with Crippen molar-refractivity contribution >= 4 is 11.8 Å². The molecule has 3 rings (SSSR count). The molecular weight excluding hydrogens is 408 g/mol. The predicted molar refractivity (Wildman–Crippen MR) is 124 cm³/mol. The highest BCUT2D eigenvalue weighted by atomic mass is 16.6. The number of carbonyl (C=O) groups excluding carboxylic acids is 1. The Balaban J connectivity index is 1.46. The zero-order chi connectivity index (χ0) is 23.1. The molecule has 0 aliphatic carbocycles. The Hall–Kier alpha value is -2.93. The zero-order valence-corrected chi connectivity index (χ0v) is 19.4. The van der Waals surface area contributed by atoms with Gasteiger partial charge in [-0.2, -0.15) is 0 Å². The monoisotopic (exact) mass is 442 g/mol. The molecule has 0 radical (unpaired) electrons. The van der Waals surface area contributed by atoms with E-state index in [2.05, 4.69) is 0 Å². The van der Waals surface area contributed by atoms with Gasteiger partial charge in [0.05, 0.1) is 13.2 Å². The molecule has 2 aromatic rings. The molecule has 0 aromatic heterocycles. The number of likely N-dealkylation sites (tertiary alicyclic amines) is 1. The predicted octanol–water partition coefficient (Wildman–Crippen LogP) is 4.63. The molecule has 1 fully saturated rings. The van der Waals surface area contributed by atoms with Gasteiger partial charge in [-0.1, -0.05) is 12.1 Å². The van der Waals surface area contributed by atoms with Crippen LogP contribution in [0.1, 0.15) is 38.3 Å². The Labute approximate surface area is 190 Å². The fraction of sp³-hybridized carbons (Fsp3) is 0.480. The topological polar surface area (TPSA) is 83.3 Å². The van der Waals surface area contributed by atoms with Crippen LogP contribution in [0.15, 0.2) is 42.5 Å². The number of carbonyl (C=O) groups is 1. The summed E-state index contributed by atoms with van der Waals surface area (Å²) >= 11 is 0. The zero-order valence-electron chi connectivity index (χ0n) is 19.4. The third kappa shape index (κ3) is 6.79. The molecular formula is C25H34N2O5. The van der Waals surface area contributed by atoms with Crippen molar-refractivity contribution in [2.75, 3.05) is 32.5 Å². The summed E-state index contributed by atoms with van der Waals surface area (Å²) in [6, 6.07) is 13.3. The number of nitrogens with two attached hydrogens (primary N) is 1. The molecule has 0 saturated carbocycles. The molecule has 2 N–H and O–H groups in total. The summed E-state index contributed by atoms with van der Waals surface area (Å²) in [5.41, 5.74) is 8.28. The summed E-state index contributed by atoms with van der Waals surface area (Å²) in [4.78, 5) is 13.9. The van der Waals surface area contributed by atoms with Crippen LogP contribution in [0.5, 0.6) is 11.5 Å². The summed E-state index contributed by atoms with van der Waals surface area (Å²) in [6.45, 7) is 8.40. The van der Waals surface area contributed by atoms with Crippen LogP contribution < -0.4 is 15.2 Å². The van der Waals surface area contributed by atoms with Gasteiger partial charge in [-0.3, -0.25) is 0 Å². The van der Waals surface area contributed by atoms with Gasteiger partial charge in [0, 0.05) is 37.4 Å². The summed E-state index contributed by atoms with van der Waals surface area (Å²) in [7, 11) is 1.66. The fourth-order valence-electron chi connectivity index (χ4n) is 3.58. The van der Waals surface area contributed by atoms with Gasteiger partial charge < -0.3 is 29.6 Å². The second-order valence-electron chi connectivity index (χ2n) is 9.07. The lowest BCUT2D eigenvalue weighted by molar-refractivity contribution is 0.0285. The van der Waals surface area contributed by atoms with E-state index in [0.717, 1.165) is 29.0 Å². The minimum atomic E-state index is -0.479. The van der Waals surface area contributed by atoms with Crippen LogP contribution in [0.2, 0.25) is 0 Å². The Morgan fingerprint density at radius 3 is 2.41 bits per heavy atom. The van der Waals surface area contributed by atoms with Crippen molar-refractivity contribution in [2.45, 2.75) is 46.0 Å². The Kier molecular flexibility index (Phi) is 7.85.